The van der Waals surface area contributed by atoms with Crippen molar-refractivity contribution in [3.8, 4) is 17.6 Å². The van der Waals surface area contributed by atoms with E-state index in [4.69, 9.17) is 20.5 Å². The molecule has 1 fully saturated rings. The fourth-order valence-corrected chi connectivity index (χ4v) is 2.31. The maximum atomic E-state index is 9.12. The van der Waals surface area contributed by atoms with Gasteiger partial charge in [-0.05, 0) is 31.4 Å². The Bertz CT molecular complexity index is 454. The molecule has 1 aromatic rings. The van der Waals surface area contributed by atoms with Crippen LogP contribution in [-0.2, 0) is 0 Å². The van der Waals surface area contributed by atoms with Crippen LogP contribution in [0.25, 0.3) is 0 Å². The summed E-state index contributed by atoms with van der Waals surface area (Å²) in [5.74, 6) is 1.11. The van der Waals surface area contributed by atoms with Crippen LogP contribution in [0.4, 0.5) is 0 Å². The van der Waals surface area contributed by atoms with E-state index < -0.39 is 0 Å². The Morgan fingerprint density at radius 2 is 2.11 bits per heavy atom. The summed E-state index contributed by atoms with van der Waals surface area (Å²) >= 11 is 0. The lowest BCUT2D eigenvalue weighted by Gasteiger charge is -2.29. The standard InChI is InChI=1S/C14H18N2O2/c1-17-13-8-4-5-10(9-15)14(13)18-12-7-3-2-6-11(12)16/h4-5,8,11-12H,2-3,6-7,16H2,1H3. The van der Waals surface area contributed by atoms with E-state index in [1.165, 1.54) is 0 Å². The van der Waals surface area contributed by atoms with Crippen molar-refractivity contribution in [2.75, 3.05) is 7.11 Å². The summed E-state index contributed by atoms with van der Waals surface area (Å²) in [6, 6.07) is 7.47. The molecule has 2 rings (SSSR count). The fourth-order valence-electron chi connectivity index (χ4n) is 2.31. The molecule has 1 aliphatic carbocycles. The highest BCUT2D eigenvalue weighted by Gasteiger charge is 2.25. The van der Waals surface area contributed by atoms with E-state index in [0.717, 1.165) is 25.7 Å². The number of ether oxygens (including phenoxy) is 2. The molecule has 2 N–H and O–H groups in total. The third-order valence-electron chi connectivity index (χ3n) is 3.34. The van der Waals surface area contributed by atoms with Crippen molar-refractivity contribution in [3.63, 3.8) is 0 Å². The van der Waals surface area contributed by atoms with Crippen LogP contribution in [0.15, 0.2) is 18.2 Å². The zero-order chi connectivity index (χ0) is 13.0. The molecule has 0 aliphatic heterocycles. The van der Waals surface area contributed by atoms with Gasteiger partial charge in [0, 0.05) is 6.04 Å². The lowest BCUT2D eigenvalue weighted by molar-refractivity contribution is 0.127. The van der Waals surface area contributed by atoms with Crippen LogP contribution in [0, 0.1) is 11.3 Å². The molecule has 1 aromatic carbocycles. The smallest absolute Gasteiger partial charge is 0.179 e. The predicted molar refractivity (Wildman–Crippen MR) is 68.6 cm³/mol. The molecular formula is C14H18N2O2. The SMILES string of the molecule is COc1cccc(C#N)c1OC1CCCCC1N. The normalized spacial score (nSPS) is 23.2. The average molecular weight is 246 g/mol. The van der Waals surface area contributed by atoms with Crippen LogP contribution in [0.1, 0.15) is 31.2 Å². The van der Waals surface area contributed by atoms with Crippen molar-refractivity contribution in [3.05, 3.63) is 23.8 Å². The maximum absolute atomic E-state index is 9.12. The number of para-hydroxylation sites is 1. The summed E-state index contributed by atoms with van der Waals surface area (Å²) < 4.78 is 11.2. The molecule has 18 heavy (non-hydrogen) atoms. The number of methoxy groups -OCH3 is 1. The largest absolute Gasteiger partial charge is 0.493 e. The van der Waals surface area contributed by atoms with Gasteiger partial charge in [0.1, 0.15) is 12.2 Å². The van der Waals surface area contributed by atoms with E-state index in [2.05, 4.69) is 6.07 Å². The van der Waals surface area contributed by atoms with E-state index in [0.29, 0.717) is 17.1 Å². The summed E-state index contributed by atoms with van der Waals surface area (Å²) in [7, 11) is 1.57. The quantitative estimate of drug-likeness (QED) is 0.887. The van der Waals surface area contributed by atoms with E-state index in [1.54, 1.807) is 25.3 Å². The molecule has 4 nitrogen and oxygen atoms in total. The first-order valence-electron chi connectivity index (χ1n) is 6.25. The van der Waals surface area contributed by atoms with Gasteiger partial charge in [-0.3, -0.25) is 0 Å². The van der Waals surface area contributed by atoms with Crippen molar-refractivity contribution in [1.82, 2.24) is 0 Å². The number of hydrogen-bond acceptors (Lipinski definition) is 4. The molecule has 1 aliphatic rings. The van der Waals surface area contributed by atoms with Crippen LogP contribution < -0.4 is 15.2 Å². The fraction of sp³-hybridized carbons (Fsp3) is 0.500. The topological polar surface area (TPSA) is 68.3 Å². The maximum Gasteiger partial charge on any atom is 0.179 e. The molecule has 0 radical (unpaired) electrons. The second-order valence-electron chi connectivity index (χ2n) is 4.55. The Morgan fingerprint density at radius 1 is 1.33 bits per heavy atom. The number of nitriles is 1. The third kappa shape index (κ3) is 2.57. The van der Waals surface area contributed by atoms with Gasteiger partial charge >= 0.3 is 0 Å². The van der Waals surface area contributed by atoms with Gasteiger partial charge in [0.05, 0.1) is 12.7 Å². The monoisotopic (exact) mass is 246 g/mol. The van der Waals surface area contributed by atoms with Gasteiger partial charge in [-0.1, -0.05) is 12.5 Å². The molecule has 0 saturated heterocycles. The Kier molecular flexibility index (Phi) is 4.06. The Hall–Kier alpha value is -1.73. The number of nitrogens with zero attached hydrogens (tertiary/aromatic N) is 1. The molecule has 1 saturated carbocycles. The van der Waals surface area contributed by atoms with Crippen LogP contribution >= 0.6 is 0 Å². The number of hydrogen-bond donors (Lipinski definition) is 1. The van der Waals surface area contributed by atoms with Crippen molar-refractivity contribution in [2.24, 2.45) is 5.73 Å². The van der Waals surface area contributed by atoms with Crippen molar-refractivity contribution in [1.29, 1.82) is 5.26 Å². The van der Waals surface area contributed by atoms with Gasteiger partial charge in [-0.2, -0.15) is 5.26 Å². The van der Waals surface area contributed by atoms with Gasteiger partial charge in [0.2, 0.25) is 0 Å². The predicted octanol–water partition coefficient (Wildman–Crippen LogP) is 2.22. The Morgan fingerprint density at radius 3 is 2.78 bits per heavy atom. The van der Waals surface area contributed by atoms with Gasteiger partial charge < -0.3 is 15.2 Å². The van der Waals surface area contributed by atoms with Crippen LogP contribution in [0.5, 0.6) is 11.5 Å². The number of nitrogens with two attached hydrogens (primary N) is 1. The molecule has 0 amide bonds. The zero-order valence-corrected chi connectivity index (χ0v) is 10.6. The minimum atomic E-state index is -0.0258. The first-order valence-corrected chi connectivity index (χ1v) is 6.25. The number of rotatable bonds is 3. The first-order chi connectivity index (χ1) is 8.76. The van der Waals surface area contributed by atoms with Crippen LogP contribution in [0.3, 0.4) is 0 Å². The second-order valence-corrected chi connectivity index (χ2v) is 4.55. The Labute approximate surface area is 107 Å². The summed E-state index contributed by atoms with van der Waals surface area (Å²) in [4.78, 5) is 0. The molecule has 0 aromatic heterocycles. The highest BCUT2D eigenvalue weighted by molar-refractivity contribution is 5.52. The summed E-state index contributed by atoms with van der Waals surface area (Å²) in [6.45, 7) is 0. The second kappa shape index (κ2) is 5.74. The van der Waals surface area contributed by atoms with E-state index in [1.807, 2.05) is 0 Å². The molecular weight excluding hydrogens is 228 g/mol. The van der Waals surface area contributed by atoms with E-state index in [-0.39, 0.29) is 12.1 Å². The van der Waals surface area contributed by atoms with E-state index in [9.17, 15) is 0 Å². The molecule has 0 spiro atoms. The zero-order valence-electron chi connectivity index (χ0n) is 10.6. The van der Waals surface area contributed by atoms with Gasteiger partial charge in [0.15, 0.2) is 11.5 Å². The van der Waals surface area contributed by atoms with Gasteiger partial charge in [-0.25, -0.2) is 0 Å². The molecule has 4 heteroatoms. The Balaban J connectivity index is 2.24. The van der Waals surface area contributed by atoms with Gasteiger partial charge in [-0.15, -0.1) is 0 Å². The van der Waals surface area contributed by atoms with Crippen molar-refractivity contribution >= 4 is 0 Å². The lowest BCUT2D eigenvalue weighted by Crippen LogP contribution is -2.41. The summed E-state index contributed by atoms with van der Waals surface area (Å²) in [5.41, 5.74) is 6.55. The minimum absolute atomic E-state index is 0.0258. The summed E-state index contributed by atoms with van der Waals surface area (Å²) in [6.07, 6.45) is 4.15. The number of benzene rings is 1. The highest BCUT2D eigenvalue weighted by atomic mass is 16.5. The lowest BCUT2D eigenvalue weighted by atomic mass is 9.93. The molecule has 96 valence electrons. The molecule has 0 bridgehead atoms. The molecule has 2 atom stereocenters. The highest BCUT2D eigenvalue weighted by Crippen LogP contribution is 2.33. The first kappa shape index (κ1) is 12.7. The average Bonchev–Trinajstić information content (AvgIpc) is 2.41. The van der Waals surface area contributed by atoms with Crippen molar-refractivity contribution in [2.45, 2.75) is 37.8 Å². The van der Waals surface area contributed by atoms with Gasteiger partial charge in [0.25, 0.3) is 0 Å². The third-order valence-corrected chi connectivity index (χ3v) is 3.34. The van der Waals surface area contributed by atoms with Crippen LogP contribution in [0.2, 0.25) is 0 Å². The van der Waals surface area contributed by atoms with Crippen LogP contribution in [-0.4, -0.2) is 19.3 Å². The molecule has 2 unspecified atom stereocenters. The van der Waals surface area contributed by atoms with Crippen molar-refractivity contribution < 1.29 is 9.47 Å². The summed E-state index contributed by atoms with van der Waals surface area (Å²) in [5, 5.41) is 9.12. The van der Waals surface area contributed by atoms with E-state index >= 15 is 0 Å². The molecule has 0 heterocycles. The minimum Gasteiger partial charge on any atom is -0.493 e.